The first-order valence-corrected chi connectivity index (χ1v) is 7.79. The third-order valence-corrected chi connectivity index (χ3v) is 4.28. The van der Waals surface area contributed by atoms with E-state index in [1.54, 1.807) is 0 Å². The Morgan fingerprint density at radius 3 is 2.58 bits per heavy atom. The van der Waals surface area contributed by atoms with Crippen molar-refractivity contribution in [2.24, 2.45) is 0 Å². The molecular weight excluding hydrogens is 232 g/mol. The topological polar surface area (TPSA) is 15.3 Å². The van der Waals surface area contributed by atoms with Crippen LogP contribution in [0.1, 0.15) is 45.1 Å². The van der Waals surface area contributed by atoms with E-state index in [0.717, 1.165) is 13.1 Å². The first-order chi connectivity index (χ1) is 9.28. The molecule has 1 aromatic rings. The van der Waals surface area contributed by atoms with Crippen molar-refractivity contribution in [2.75, 3.05) is 19.6 Å². The number of hydrogen-bond acceptors (Lipinski definition) is 2. The fourth-order valence-corrected chi connectivity index (χ4v) is 3.32. The van der Waals surface area contributed by atoms with Crippen LogP contribution < -0.4 is 5.32 Å². The lowest BCUT2D eigenvalue weighted by atomic mass is 9.91. The molecule has 2 rings (SSSR count). The van der Waals surface area contributed by atoms with Gasteiger partial charge in [0.2, 0.25) is 0 Å². The van der Waals surface area contributed by atoms with Gasteiger partial charge in [0.25, 0.3) is 0 Å². The third kappa shape index (κ3) is 4.05. The van der Waals surface area contributed by atoms with E-state index in [2.05, 4.69) is 54.4 Å². The van der Waals surface area contributed by atoms with Crippen LogP contribution in [0.5, 0.6) is 0 Å². The second kappa shape index (κ2) is 7.06. The van der Waals surface area contributed by atoms with Crippen LogP contribution in [0.25, 0.3) is 0 Å². The molecule has 1 saturated heterocycles. The van der Waals surface area contributed by atoms with E-state index in [1.807, 2.05) is 0 Å². The van der Waals surface area contributed by atoms with E-state index in [-0.39, 0.29) is 0 Å². The molecule has 1 aliphatic rings. The van der Waals surface area contributed by atoms with Crippen LogP contribution in [0.3, 0.4) is 0 Å². The van der Waals surface area contributed by atoms with Crippen LogP contribution in [0.4, 0.5) is 0 Å². The fourth-order valence-electron chi connectivity index (χ4n) is 3.32. The number of rotatable bonds is 7. The second-order valence-electron chi connectivity index (χ2n) is 5.85. The van der Waals surface area contributed by atoms with Gasteiger partial charge in [-0.3, -0.25) is 4.90 Å². The third-order valence-electron chi connectivity index (χ3n) is 4.28. The summed E-state index contributed by atoms with van der Waals surface area (Å²) >= 11 is 0. The van der Waals surface area contributed by atoms with Crippen molar-refractivity contribution in [3.05, 3.63) is 35.9 Å². The standard InChI is InChI=1S/C17H28N2/c1-3-11-17(12-8-13-18-17)15-19(4-2)14-16-9-6-5-7-10-16/h5-7,9-10,18H,3-4,8,11-15H2,1-2H3. The van der Waals surface area contributed by atoms with Gasteiger partial charge in [-0.15, -0.1) is 0 Å². The van der Waals surface area contributed by atoms with Gasteiger partial charge < -0.3 is 5.32 Å². The van der Waals surface area contributed by atoms with Gasteiger partial charge in [-0.2, -0.15) is 0 Å². The van der Waals surface area contributed by atoms with Gasteiger partial charge in [-0.05, 0) is 37.9 Å². The molecule has 0 radical (unpaired) electrons. The molecule has 1 fully saturated rings. The molecule has 1 N–H and O–H groups in total. The summed E-state index contributed by atoms with van der Waals surface area (Å²) in [6.07, 6.45) is 5.25. The molecule has 0 saturated carbocycles. The summed E-state index contributed by atoms with van der Waals surface area (Å²) in [5, 5.41) is 3.78. The molecule has 0 bridgehead atoms. The monoisotopic (exact) mass is 260 g/mol. The zero-order valence-corrected chi connectivity index (χ0v) is 12.5. The van der Waals surface area contributed by atoms with Gasteiger partial charge >= 0.3 is 0 Å². The molecule has 106 valence electrons. The predicted octanol–water partition coefficient (Wildman–Crippen LogP) is 3.43. The largest absolute Gasteiger partial charge is 0.310 e. The molecule has 0 spiro atoms. The summed E-state index contributed by atoms with van der Waals surface area (Å²) in [7, 11) is 0. The zero-order chi connectivity index (χ0) is 13.6. The van der Waals surface area contributed by atoms with Crippen molar-refractivity contribution >= 4 is 0 Å². The van der Waals surface area contributed by atoms with Gasteiger partial charge in [0.1, 0.15) is 0 Å². The van der Waals surface area contributed by atoms with Crippen LogP contribution in [0.15, 0.2) is 30.3 Å². The van der Waals surface area contributed by atoms with Crippen LogP contribution in [0.2, 0.25) is 0 Å². The average molecular weight is 260 g/mol. The first kappa shape index (κ1) is 14.5. The van der Waals surface area contributed by atoms with E-state index in [0.29, 0.717) is 5.54 Å². The molecule has 0 aromatic heterocycles. The van der Waals surface area contributed by atoms with Crippen LogP contribution in [-0.2, 0) is 6.54 Å². The van der Waals surface area contributed by atoms with Crippen LogP contribution in [-0.4, -0.2) is 30.1 Å². The van der Waals surface area contributed by atoms with Crippen LogP contribution in [0, 0.1) is 0 Å². The molecular formula is C17H28N2. The number of nitrogens with zero attached hydrogens (tertiary/aromatic N) is 1. The van der Waals surface area contributed by atoms with E-state index in [4.69, 9.17) is 0 Å². The Morgan fingerprint density at radius 1 is 1.21 bits per heavy atom. The minimum atomic E-state index is 0.375. The molecule has 1 heterocycles. The Kier molecular flexibility index (Phi) is 5.41. The summed E-state index contributed by atoms with van der Waals surface area (Å²) < 4.78 is 0. The van der Waals surface area contributed by atoms with Gasteiger partial charge in [-0.1, -0.05) is 50.6 Å². The molecule has 0 aliphatic carbocycles. The summed E-state index contributed by atoms with van der Waals surface area (Å²) in [6.45, 7) is 9.16. The molecule has 19 heavy (non-hydrogen) atoms. The van der Waals surface area contributed by atoms with E-state index < -0.39 is 0 Å². The lowest BCUT2D eigenvalue weighted by Crippen LogP contribution is -2.49. The van der Waals surface area contributed by atoms with Crippen molar-refractivity contribution in [1.29, 1.82) is 0 Å². The minimum Gasteiger partial charge on any atom is -0.310 e. The molecule has 0 amide bonds. The molecule has 1 aromatic carbocycles. The Hall–Kier alpha value is -0.860. The zero-order valence-electron chi connectivity index (χ0n) is 12.5. The second-order valence-corrected chi connectivity index (χ2v) is 5.85. The summed E-state index contributed by atoms with van der Waals surface area (Å²) in [6, 6.07) is 10.8. The number of likely N-dealkylation sites (N-methyl/N-ethyl adjacent to an activating group) is 1. The smallest absolute Gasteiger partial charge is 0.0309 e. The van der Waals surface area contributed by atoms with E-state index in [1.165, 1.54) is 44.3 Å². The highest BCUT2D eigenvalue weighted by Crippen LogP contribution is 2.26. The van der Waals surface area contributed by atoms with Gasteiger partial charge in [0, 0.05) is 18.6 Å². The maximum Gasteiger partial charge on any atom is 0.0309 e. The Labute approximate surface area is 118 Å². The minimum absolute atomic E-state index is 0.375. The molecule has 1 unspecified atom stereocenters. The van der Waals surface area contributed by atoms with Gasteiger partial charge in [-0.25, -0.2) is 0 Å². The van der Waals surface area contributed by atoms with Crippen molar-refractivity contribution in [3.63, 3.8) is 0 Å². The lowest BCUT2D eigenvalue weighted by Gasteiger charge is -2.35. The maximum atomic E-state index is 3.78. The summed E-state index contributed by atoms with van der Waals surface area (Å²) in [4.78, 5) is 2.59. The highest BCUT2D eigenvalue weighted by atomic mass is 15.2. The van der Waals surface area contributed by atoms with E-state index >= 15 is 0 Å². The first-order valence-electron chi connectivity index (χ1n) is 7.79. The number of hydrogen-bond donors (Lipinski definition) is 1. The normalized spacial score (nSPS) is 23.1. The van der Waals surface area contributed by atoms with Gasteiger partial charge in [0.15, 0.2) is 0 Å². The van der Waals surface area contributed by atoms with Gasteiger partial charge in [0.05, 0.1) is 0 Å². The quantitative estimate of drug-likeness (QED) is 0.808. The highest BCUT2D eigenvalue weighted by molar-refractivity contribution is 5.14. The average Bonchev–Trinajstić information content (AvgIpc) is 2.88. The summed E-state index contributed by atoms with van der Waals surface area (Å²) in [5.41, 5.74) is 1.80. The molecule has 1 aliphatic heterocycles. The van der Waals surface area contributed by atoms with Crippen molar-refractivity contribution in [2.45, 2.75) is 51.6 Å². The maximum absolute atomic E-state index is 3.78. The van der Waals surface area contributed by atoms with Crippen molar-refractivity contribution in [1.82, 2.24) is 10.2 Å². The Balaban J connectivity index is 1.97. The van der Waals surface area contributed by atoms with Crippen molar-refractivity contribution in [3.8, 4) is 0 Å². The number of nitrogens with one attached hydrogen (secondary N) is 1. The Bertz CT molecular complexity index is 355. The SMILES string of the molecule is CCCC1(CN(CC)Cc2ccccc2)CCCN1. The Morgan fingerprint density at radius 2 is 2.00 bits per heavy atom. The summed E-state index contributed by atoms with van der Waals surface area (Å²) in [5.74, 6) is 0. The highest BCUT2D eigenvalue weighted by Gasteiger charge is 2.33. The molecule has 2 heteroatoms. The lowest BCUT2D eigenvalue weighted by molar-refractivity contribution is 0.183. The van der Waals surface area contributed by atoms with Crippen LogP contribution >= 0.6 is 0 Å². The fraction of sp³-hybridized carbons (Fsp3) is 0.647. The van der Waals surface area contributed by atoms with E-state index in [9.17, 15) is 0 Å². The van der Waals surface area contributed by atoms with Crippen molar-refractivity contribution < 1.29 is 0 Å². The molecule has 2 nitrogen and oxygen atoms in total. The molecule has 1 atom stereocenters. The predicted molar refractivity (Wildman–Crippen MR) is 82.3 cm³/mol. The number of benzene rings is 1.